The number of methoxy groups -OCH3 is 2. The molecule has 0 spiro atoms. The fourth-order valence-electron chi connectivity index (χ4n) is 2.48. The van der Waals surface area contributed by atoms with Crippen molar-refractivity contribution in [2.24, 2.45) is 0 Å². The van der Waals surface area contributed by atoms with Crippen LogP contribution in [0.15, 0.2) is 39.5 Å². The van der Waals surface area contributed by atoms with E-state index in [1.54, 1.807) is 25.2 Å². The fraction of sp³-hybridized carbons (Fsp3) is 0.389. The zero-order valence-corrected chi connectivity index (χ0v) is 18.6. The largest absolute Gasteiger partial charge is 0.497 e. The Balaban J connectivity index is 2.17. The maximum Gasteiger partial charge on any atom is 0.426 e. The summed E-state index contributed by atoms with van der Waals surface area (Å²) in [5, 5.41) is 0. The number of nitrogens with zero attached hydrogens (tertiary/aromatic N) is 2. The number of hydrogen-bond donors (Lipinski definition) is 0. The third-order valence-electron chi connectivity index (χ3n) is 3.85. The Bertz CT molecular complexity index is 786. The van der Waals surface area contributed by atoms with Crippen LogP contribution in [0.1, 0.15) is 5.56 Å². The maximum absolute atomic E-state index is 13.6. The normalized spacial score (nSPS) is 12.8. The highest BCUT2D eigenvalue weighted by atomic mass is 79.9. The number of aromatic nitrogens is 1. The van der Waals surface area contributed by atoms with Gasteiger partial charge in [0.1, 0.15) is 11.5 Å². The molecule has 0 saturated carbocycles. The van der Waals surface area contributed by atoms with Gasteiger partial charge >= 0.3 is 6.18 Å². The zero-order valence-electron chi connectivity index (χ0n) is 15.4. The van der Waals surface area contributed by atoms with Crippen LogP contribution in [0.5, 0.6) is 17.2 Å². The standard InChI is InChI=1S/C18H19Br2F3N2O3/c1-25(9-11-4-5-12(26-2)6-15(11)27-3)10-16(18(21,22)23)28-17-13(19)7-24-8-14(17)20/h4-8,16H,9-10H2,1-3H3. The Morgan fingerprint density at radius 2 is 1.75 bits per heavy atom. The van der Waals surface area contributed by atoms with E-state index in [9.17, 15) is 13.2 Å². The molecule has 1 aromatic heterocycles. The van der Waals surface area contributed by atoms with Crippen LogP contribution in [-0.4, -0.2) is 50.0 Å². The molecule has 0 aliphatic heterocycles. The average Bonchev–Trinajstić information content (AvgIpc) is 2.63. The molecular formula is C18H19Br2F3N2O3. The Morgan fingerprint density at radius 1 is 1.11 bits per heavy atom. The lowest BCUT2D eigenvalue weighted by atomic mass is 10.1. The first-order valence-corrected chi connectivity index (χ1v) is 9.66. The van der Waals surface area contributed by atoms with Gasteiger partial charge in [-0.25, -0.2) is 0 Å². The molecule has 1 atom stereocenters. The van der Waals surface area contributed by atoms with E-state index in [-0.39, 0.29) is 18.8 Å². The Morgan fingerprint density at radius 3 is 2.29 bits per heavy atom. The Hall–Kier alpha value is -1.52. The third kappa shape index (κ3) is 5.99. The maximum atomic E-state index is 13.6. The van der Waals surface area contributed by atoms with Gasteiger partial charge in [0.05, 0.1) is 23.2 Å². The van der Waals surface area contributed by atoms with Crippen molar-refractivity contribution in [2.75, 3.05) is 27.8 Å². The van der Waals surface area contributed by atoms with Crippen LogP contribution in [0.3, 0.4) is 0 Å². The van der Waals surface area contributed by atoms with Gasteiger partial charge in [-0.2, -0.15) is 13.2 Å². The van der Waals surface area contributed by atoms with Crippen molar-refractivity contribution in [3.63, 3.8) is 0 Å². The van der Waals surface area contributed by atoms with Crippen molar-refractivity contribution in [2.45, 2.75) is 18.8 Å². The van der Waals surface area contributed by atoms with Gasteiger partial charge in [0, 0.05) is 37.1 Å². The number of ether oxygens (including phenoxy) is 3. The highest BCUT2D eigenvalue weighted by Gasteiger charge is 2.43. The summed E-state index contributed by atoms with van der Waals surface area (Å²) in [6.45, 7) is -0.137. The molecule has 0 amide bonds. The van der Waals surface area contributed by atoms with E-state index >= 15 is 0 Å². The lowest BCUT2D eigenvalue weighted by molar-refractivity contribution is -0.199. The van der Waals surface area contributed by atoms with Crippen LogP contribution in [0.2, 0.25) is 0 Å². The van der Waals surface area contributed by atoms with E-state index in [1.807, 2.05) is 0 Å². The first-order chi connectivity index (χ1) is 13.2. The second-order valence-electron chi connectivity index (χ2n) is 5.95. The number of alkyl halides is 3. The van der Waals surface area contributed by atoms with E-state index < -0.39 is 12.3 Å². The molecule has 1 unspecified atom stereocenters. The highest BCUT2D eigenvalue weighted by Crippen LogP contribution is 2.36. The topological polar surface area (TPSA) is 43.8 Å². The van der Waals surface area contributed by atoms with Crippen LogP contribution in [-0.2, 0) is 6.54 Å². The van der Waals surface area contributed by atoms with Crippen molar-refractivity contribution in [1.29, 1.82) is 0 Å². The van der Waals surface area contributed by atoms with Gasteiger partial charge in [-0.3, -0.25) is 9.88 Å². The summed E-state index contributed by atoms with van der Waals surface area (Å²) in [6.07, 6.45) is -3.84. The van der Waals surface area contributed by atoms with E-state index in [0.717, 1.165) is 5.56 Å². The first-order valence-electron chi connectivity index (χ1n) is 8.07. The summed E-state index contributed by atoms with van der Waals surface area (Å²) in [7, 11) is 4.61. The molecule has 0 N–H and O–H groups in total. The van der Waals surface area contributed by atoms with E-state index in [4.69, 9.17) is 14.2 Å². The van der Waals surface area contributed by atoms with Crippen LogP contribution < -0.4 is 14.2 Å². The predicted molar refractivity (Wildman–Crippen MR) is 106 cm³/mol. The highest BCUT2D eigenvalue weighted by molar-refractivity contribution is 9.11. The van der Waals surface area contributed by atoms with Crippen molar-refractivity contribution in [3.05, 3.63) is 45.1 Å². The monoisotopic (exact) mass is 526 g/mol. The second-order valence-corrected chi connectivity index (χ2v) is 7.66. The van der Waals surface area contributed by atoms with Gasteiger partial charge in [0.25, 0.3) is 0 Å². The summed E-state index contributed by atoms with van der Waals surface area (Å²) in [5.41, 5.74) is 0.734. The Labute approximate surface area is 178 Å². The van der Waals surface area contributed by atoms with Gasteiger partial charge < -0.3 is 14.2 Å². The minimum absolute atomic E-state index is 0.0488. The molecule has 28 heavy (non-hydrogen) atoms. The predicted octanol–water partition coefficient (Wildman–Crippen LogP) is 5.07. The minimum atomic E-state index is -4.56. The number of halogens is 5. The number of likely N-dealkylation sites (N-methyl/N-ethyl adjacent to an activating group) is 1. The first kappa shape index (κ1) is 22.8. The lowest BCUT2D eigenvalue weighted by Gasteiger charge is -2.27. The van der Waals surface area contributed by atoms with Crippen molar-refractivity contribution < 1.29 is 27.4 Å². The molecule has 2 aromatic rings. The summed E-state index contributed by atoms with van der Waals surface area (Å²) in [4.78, 5) is 5.39. The van der Waals surface area contributed by atoms with Gasteiger partial charge in [0.2, 0.25) is 6.10 Å². The van der Waals surface area contributed by atoms with Crippen LogP contribution in [0.4, 0.5) is 13.2 Å². The number of hydrogen-bond acceptors (Lipinski definition) is 5. The molecule has 154 valence electrons. The quantitative estimate of drug-likeness (QED) is 0.480. The third-order valence-corrected chi connectivity index (χ3v) is 4.98. The molecule has 0 aliphatic carbocycles. The molecule has 0 aliphatic rings. The average molecular weight is 528 g/mol. The molecule has 1 aromatic carbocycles. The van der Waals surface area contributed by atoms with Crippen molar-refractivity contribution in [3.8, 4) is 17.2 Å². The van der Waals surface area contributed by atoms with Crippen molar-refractivity contribution >= 4 is 31.9 Å². The molecule has 10 heteroatoms. The van der Waals surface area contributed by atoms with E-state index in [2.05, 4.69) is 36.8 Å². The van der Waals surface area contributed by atoms with Crippen LogP contribution >= 0.6 is 31.9 Å². The minimum Gasteiger partial charge on any atom is -0.497 e. The Kier molecular flexibility index (Phi) is 7.97. The summed E-state index contributed by atoms with van der Waals surface area (Å²) in [5.74, 6) is 1.19. The van der Waals surface area contributed by atoms with Crippen molar-refractivity contribution in [1.82, 2.24) is 9.88 Å². The van der Waals surface area contributed by atoms with Gasteiger partial charge in [0.15, 0.2) is 5.75 Å². The van der Waals surface area contributed by atoms with Crippen LogP contribution in [0, 0.1) is 0 Å². The SMILES string of the molecule is COc1ccc(CN(C)CC(Oc2c(Br)cncc2Br)C(F)(F)F)c(OC)c1. The number of pyridine rings is 1. The molecule has 0 bridgehead atoms. The molecular weight excluding hydrogens is 509 g/mol. The van der Waals surface area contributed by atoms with Gasteiger partial charge in [-0.05, 0) is 45.0 Å². The summed E-state index contributed by atoms with van der Waals surface area (Å²) >= 11 is 6.34. The lowest BCUT2D eigenvalue weighted by Crippen LogP contribution is -2.43. The fourth-order valence-corrected chi connectivity index (χ4v) is 3.60. The van der Waals surface area contributed by atoms with Crippen LogP contribution in [0.25, 0.3) is 0 Å². The zero-order chi connectivity index (χ0) is 20.9. The second kappa shape index (κ2) is 9.80. The van der Waals surface area contributed by atoms with Gasteiger partial charge in [-0.1, -0.05) is 6.07 Å². The number of benzene rings is 1. The molecule has 1 heterocycles. The smallest absolute Gasteiger partial charge is 0.426 e. The van der Waals surface area contributed by atoms with Gasteiger partial charge in [-0.15, -0.1) is 0 Å². The van der Waals surface area contributed by atoms with E-state index in [1.165, 1.54) is 31.5 Å². The molecule has 0 fully saturated rings. The molecule has 0 saturated heterocycles. The summed E-state index contributed by atoms with van der Waals surface area (Å²) in [6, 6.07) is 5.17. The molecule has 2 rings (SSSR count). The molecule has 5 nitrogen and oxygen atoms in total. The molecule has 0 radical (unpaired) electrons. The number of rotatable bonds is 8. The summed E-state index contributed by atoms with van der Waals surface area (Å²) < 4.78 is 57.1. The van der Waals surface area contributed by atoms with E-state index in [0.29, 0.717) is 20.4 Å².